The van der Waals surface area contributed by atoms with Crippen LogP contribution in [0.15, 0.2) is 23.2 Å². The summed E-state index contributed by atoms with van der Waals surface area (Å²) in [5.74, 6) is 1.05. The van der Waals surface area contributed by atoms with Crippen molar-refractivity contribution in [2.75, 3.05) is 25.6 Å². The van der Waals surface area contributed by atoms with Crippen LogP contribution in [0.3, 0.4) is 0 Å². The van der Waals surface area contributed by atoms with E-state index in [0.29, 0.717) is 25.6 Å². The number of halogens is 1. The van der Waals surface area contributed by atoms with Crippen molar-refractivity contribution in [1.82, 2.24) is 15.4 Å². The number of aliphatic imine (C=N–C) groups is 1. The zero-order chi connectivity index (χ0) is 19.8. The quantitative estimate of drug-likeness (QED) is 0.434. The van der Waals surface area contributed by atoms with Gasteiger partial charge in [0.2, 0.25) is 10.0 Å². The molecule has 1 rings (SSSR count). The summed E-state index contributed by atoms with van der Waals surface area (Å²) in [4.78, 5) is 4.54. The van der Waals surface area contributed by atoms with Crippen molar-refractivity contribution in [1.29, 1.82) is 0 Å². The predicted molar refractivity (Wildman–Crippen MR) is 108 cm³/mol. The number of nitrogens with one attached hydrogen (secondary N) is 3. The van der Waals surface area contributed by atoms with Gasteiger partial charge < -0.3 is 10.6 Å². The molecule has 0 saturated carbocycles. The molecule has 6 nitrogen and oxygen atoms in total. The van der Waals surface area contributed by atoms with Gasteiger partial charge in [0.05, 0.1) is 12.8 Å². The minimum Gasteiger partial charge on any atom is -0.357 e. The lowest BCUT2D eigenvalue weighted by molar-refractivity contribution is 0.446. The fraction of sp³-hybridized carbons (Fsp3) is 0.588. The lowest BCUT2D eigenvalue weighted by Gasteiger charge is -2.26. The maximum atomic E-state index is 13.5. The smallest absolute Gasteiger partial charge is 0.209 e. The molecule has 0 heterocycles. The van der Waals surface area contributed by atoms with E-state index in [1.807, 2.05) is 13.2 Å². The number of rotatable bonds is 9. The summed E-state index contributed by atoms with van der Waals surface area (Å²) in [5.41, 5.74) is 1.23. The summed E-state index contributed by atoms with van der Waals surface area (Å²) in [5, 5.41) is 6.28. The van der Waals surface area contributed by atoms with Crippen LogP contribution in [0.5, 0.6) is 0 Å². The first-order valence-electron chi connectivity index (χ1n) is 8.33. The summed E-state index contributed by atoms with van der Waals surface area (Å²) < 4.78 is 38.9. The van der Waals surface area contributed by atoms with Gasteiger partial charge in [-0.3, -0.25) is 0 Å². The van der Waals surface area contributed by atoms with Gasteiger partial charge in [0, 0.05) is 24.4 Å². The first kappa shape index (κ1) is 22.7. The minimum absolute atomic E-state index is 0.250. The van der Waals surface area contributed by atoms with Gasteiger partial charge in [-0.1, -0.05) is 6.07 Å². The van der Waals surface area contributed by atoms with Crippen LogP contribution in [0.2, 0.25) is 0 Å². The van der Waals surface area contributed by atoms with E-state index in [4.69, 9.17) is 0 Å². The SMILES string of the molecule is CCNC(=NCc1ccc(F)cc1CSC)NCC(C)(C)NS(C)(=O)=O. The molecule has 0 aliphatic rings. The van der Waals surface area contributed by atoms with Crippen LogP contribution in [0.4, 0.5) is 4.39 Å². The predicted octanol–water partition coefficient (Wildman–Crippen LogP) is 2.07. The van der Waals surface area contributed by atoms with E-state index in [1.54, 1.807) is 37.7 Å². The van der Waals surface area contributed by atoms with Gasteiger partial charge in [0.1, 0.15) is 5.82 Å². The van der Waals surface area contributed by atoms with Crippen LogP contribution in [-0.2, 0) is 22.3 Å². The van der Waals surface area contributed by atoms with Gasteiger partial charge in [0.15, 0.2) is 5.96 Å². The van der Waals surface area contributed by atoms with Crippen LogP contribution < -0.4 is 15.4 Å². The summed E-state index contributed by atoms with van der Waals surface area (Å²) >= 11 is 1.63. The Hall–Kier alpha value is -1.32. The van der Waals surface area contributed by atoms with Gasteiger partial charge in [-0.05, 0) is 50.3 Å². The van der Waals surface area contributed by atoms with Crippen molar-refractivity contribution >= 4 is 27.7 Å². The summed E-state index contributed by atoms with van der Waals surface area (Å²) in [6.45, 7) is 6.99. The monoisotopic (exact) mass is 404 g/mol. The van der Waals surface area contributed by atoms with E-state index in [2.05, 4.69) is 20.3 Å². The number of thioether (sulfide) groups is 1. The van der Waals surface area contributed by atoms with Crippen molar-refractivity contribution in [3.63, 3.8) is 0 Å². The fourth-order valence-electron chi connectivity index (χ4n) is 2.39. The second-order valence-corrected chi connectivity index (χ2v) is 9.27. The van der Waals surface area contributed by atoms with Gasteiger partial charge in [-0.25, -0.2) is 22.5 Å². The Bertz CT molecular complexity index is 721. The summed E-state index contributed by atoms with van der Waals surface area (Å²) in [6, 6.07) is 4.73. The minimum atomic E-state index is -3.30. The number of hydrogen-bond donors (Lipinski definition) is 3. The third-order valence-corrected chi connectivity index (χ3v) is 4.90. The largest absolute Gasteiger partial charge is 0.357 e. The first-order valence-corrected chi connectivity index (χ1v) is 11.6. The highest BCUT2D eigenvalue weighted by Gasteiger charge is 2.22. The molecule has 1 aromatic rings. The van der Waals surface area contributed by atoms with Gasteiger partial charge >= 0.3 is 0 Å². The zero-order valence-corrected chi connectivity index (χ0v) is 17.7. The molecule has 0 bridgehead atoms. The van der Waals surface area contributed by atoms with Gasteiger partial charge in [-0.15, -0.1) is 0 Å². The van der Waals surface area contributed by atoms with Crippen molar-refractivity contribution in [3.8, 4) is 0 Å². The van der Waals surface area contributed by atoms with E-state index < -0.39 is 15.6 Å². The van der Waals surface area contributed by atoms with Crippen molar-refractivity contribution < 1.29 is 12.8 Å². The molecule has 148 valence electrons. The topological polar surface area (TPSA) is 82.6 Å². The molecule has 0 saturated heterocycles. The number of hydrogen-bond acceptors (Lipinski definition) is 4. The second-order valence-electron chi connectivity index (χ2n) is 6.65. The Morgan fingerprint density at radius 3 is 2.54 bits per heavy atom. The molecule has 0 fully saturated rings. The number of guanidine groups is 1. The lowest BCUT2D eigenvalue weighted by atomic mass is 10.1. The molecule has 9 heteroatoms. The Morgan fingerprint density at radius 2 is 1.96 bits per heavy atom. The summed E-state index contributed by atoms with van der Waals surface area (Å²) in [7, 11) is -3.30. The van der Waals surface area contributed by atoms with E-state index in [1.165, 1.54) is 6.07 Å². The average Bonchev–Trinajstić information content (AvgIpc) is 2.49. The molecule has 0 aliphatic carbocycles. The van der Waals surface area contributed by atoms with Crippen LogP contribution in [0, 0.1) is 5.82 Å². The molecular weight excluding hydrogens is 375 g/mol. The average molecular weight is 405 g/mol. The van der Waals surface area contributed by atoms with Crippen molar-refractivity contribution in [3.05, 3.63) is 35.1 Å². The molecule has 3 N–H and O–H groups in total. The van der Waals surface area contributed by atoms with Gasteiger partial charge in [0.25, 0.3) is 0 Å². The van der Waals surface area contributed by atoms with E-state index in [0.717, 1.165) is 23.1 Å². The second kappa shape index (κ2) is 10.1. The van der Waals surface area contributed by atoms with E-state index in [9.17, 15) is 12.8 Å². The normalized spacial score (nSPS) is 12.9. The summed E-state index contributed by atoms with van der Waals surface area (Å²) in [6.07, 6.45) is 3.11. The highest BCUT2D eigenvalue weighted by Crippen LogP contribution is 2.17. The van der Waals surface area contributed by atoms with Crippen LogP contribution in [0.25, 0.3) is 0 Å². The third kappa shape index (κ3) is 8.86. The van der Waals surface area contributed by atoms with Crippen LogP contribution >= 0.6 is 11.8 Å². The fourth-order valence-corrected chi connectivity index (χ4v) is 4.04. The maximum absolute atomic E-state index is 13.5. The first-order chi connectivity index (χ1) is 12.1. The van der Waals surface area contributed by atoms with E-state index in [-0.39, 0.29) is 5.82 Å². The number of nitrogens with zero attached hydrogens (tertiary/aromatic N) is 1. The molecule has 26 heavy (non-hydrogen) atoms. The highest BCUT2D eigenvalue weighted by molar-refractivity contribution is 7.97. The molecule has 0 atom stereocenters. The Morgan fingerprint density at radius 1 is 1.27 bits per heavy atom. The number of sulfonamides is 1. The molecule has 0 aliphatic heterocycles. The Kier molecular flexibility index (Phi) is 8.85. The Balaban J connectivity index is 2.84. The van der Waals surface area contributed by atoms with Crippen LogP contribution in [-0.4, -0.2) is 45.5 Å². The molecular formula is C17H29FN4O2S2. The maximum Gasteiger partial charge on any atom is 0.209 e. The Labute approximate surface area is 160 Å². The van der Waals surface area contributed by atoms with Crippen LogP contribution in [0.1, 0.15) is 31.9 Å². The highest BCUT2D eigenvalue weighted by atomic mass is 32.2. The molecule has 0 radical (unpaired) electrons. The number of benzene rings is 1. The third-order valence-electron chi connectivity index (χ3n) is 3.38. The van der Waals surface area contributed by atoms with Crippen molar-refractivity contribution in [2.24, 2.45) is 4.99 Å². The van der Waals surface area contributed by atoms with E-state index >= 15 is 0 Å². The molecule has 0 unspecified atom stereocenters. The molecule has 0 spiro atoms. The molecule has 0 aromatic heterocycles. The molecule has 0 amide bonds. The van der Waals surface area contributed by atoms with Crippen molar-refractivity contribution in [2.45, 2.75) is 38.6 Å². The standard InChI is InChI=1S/C17H29FN4O2S2/c1-6-19-16(21-12-17(2,3)22-26(5,23)24)20-10-13-7-8-15(18)9-14(13)11-25-4/h7-9,22H,6,10-12H2,1-5H3,(H2,19,20,21). The van der Waals surface area contributed by atoms with Gasteiger partial charge in [-0.2, -0.15) is 11.8 Å². The molecule has 1 aromatic carbocycles. The lowest BCUT2D eigenvalue weighted by Crippen LogP contribution is -2.53. The zero-order valence-electron chi connectivity index (χ0n) is 16.0.